The van der Waals surface area contributed by atoms with E-state index in [-0.39, 0.29) is 60.9 Å². The Bertz CT molecular complexity index is 66.6. The molecule has 0 aliphatic carbocycles. The first-order chi connectivity index (χ1) is 2.00. The largest absolute Gasteiger partial charge is 2.00 e. The molecule has 0 rings (SSSR count). The van der Waals surface area contributed by atoms with E-state index in [0.29, 0.717) is 0 Å². The summed E-state index contributed by atoms with van der Waals surface area (Å²) in [5.41, 5.74) is 0. The molecule has 4 nitrogen and oxygen atoms in total. The Morgan fingerprint density at radius 3 is 1.29 bits per heavy atom. The van der Waals surface area contributed by atoms with Crippen molar-refractivity contribution < 1.29 is 42.4 Å². The van der Waals surface area contributed by atoms with Crippen LogP contribution in [0.25, 0.3) is 0 Å². The maximum atomic E-state index is 8.88. The molecule has 0 aromatic carbocycles. The topological polar surface area (TPSA) is 77.8 Å². The molecule has 0 radical (unpaired) electrons. The van der Waals surface area contributed by atoms with Gasteiger partial charge in [0.25, 0.3) is 0 Å². The third kappa shape index (κ3) is 73.3. The van der Waals surface area contributed by atoms with E-state index in [0.717, 1.165) is 0 Å². The van der Waals surface area contributed by atoms with Gasteiger partial charge in [-0.1, -0.05) is 0 Å². The van der Waals surface area contributed by atoms with Crippen LogP contribution < -0.4 is 18.9 Å². The Morgan fingerprint density at radius 1 is 1.29 bits per heavy atom. The first-order valence-electron chi connectivity index (χ1n) is 0.783. The molecular formula is H6CaLiO4P. The third-order valence-corrected chi connectivity index (χ3v) is 0. The summed E-state index contributed by atoms with van der Waals surface area (Å²) >= 11 is 0. The fraction of sp³-hybridized carbons (Fsp3) is 0. The minimum atomic E-state index is -4.64. The Morgan fingerprint density at radius 2 is 1.29 bits per heavy atom. The molecule has 0 aromatic rings. The summed E-state index contributed by atoms with van der Waals surface area (Å²) < 4.78 is 8.88. The van der Waals surface area contributed by atoms with Gasteiger partial charge in [-0.25, -0.2) is 4.57 Å². The van der Waals surface area contributed by atoms with E-state index in [1.807, 2.05) is 0 Å². The zero-order valence-corrected chi connectivity index (χ0v) is 7.01. The monoisotopic (exact) mass is 148 g/mol. The van der Waals surface area contributed by atoms with Crippen LogP contribution in [-0.2, 0) is 4.57 Å². The molecule has 0 saturated heterocycles. The Hall–Kier alpha value is 1.97. The molecule has 3 N–H and O–H groups in total. The van der Waals surface area contributed by atoms with Crippen LogP contribution in [0.1, 0.15) is 4.28 Å². The Kier molecular flexibility index (Phi) is 13.9. The minimum Gasteiger partial charge on any atom is -1.00 e. The van der Waals surface area contributed by atoms with Gasteiger partial charge in [0.2, 0.25) is 0 Å². The maximum Gasteiger partial charge on any atom is 2.00 e. The van der Waals surface area contributed by atoms with Crippen molar-refractivity contribution in [1.82, 2.24) is 0 Å². The van der Waals surface area contributed by atoms with Crippen LogP contribution in [0.2, 0.25) is 0 Å². The second-order valence-electron chi connectivity index (χ2n) is 0.513. The average molecular weight is 148 g/mol. The van der Waals surface area contributed by atoms with Gasteiger partial charge >= 0.3 is 64.4 Å². The molecule has 7 heavy (non-hydrogen) atoms. The van der Waals surface area contributed by atoms with Crippen molar-refractivity contribution in [3.63, 3.8) is 0 Å². The molecule has 0 unspecified atom stereocenters. The summed E-state index contributed by atoms with van der Waals surface area (Å²) in [7, 11) is -4.64. The molecule has 0 spiro atoms. The third-order valence-electron chi connectivity index (χ3n) is 0. The van der Waals surface area contributed by atoms with Crippen molar-refractivity contribution in [3.8, 4) is 0 Å². The molecule has 7 heteroatoms. The van der Waals surface area contributed by atoms with Gasteiger partial charge in [0.05, 0.1) is 0 Å². The number of rotatable bonds is 0. The molecule has 0 atom stereocenters. The SMILES string of the molecule is O=P(O)(O)O.[Ca+2].[H-].[H-].[H-].[Li+]. The Labute approximate surface area is 87.2 Å². The summed E-state index contributed by atoms with van der Waals surface area (Å²) in [6.07, 6.45) is 0. The summed E-state index contributed by atoms with van der Waals surface area (Å²) in [4.78, 5) is 21.6. The van der Waals surface area contributed by atoms with Gasteiger partial charge in [0.1, 0.15) is 0 Å². The standard InChI is InChI=1S/Ca.Li.H3O4P.3H/c;;1-5(2,3)4;;;/h;;(H3,1,2,3,4);;;/q+2;+1;;3*-1. The van der Waals surface area contributed by atoms with E-state index in [2.05, 4.69) is 0 Å². The van der Waals surface area contributed by atoms with Crippen molar-refractivity contribution in [3.05, 3.63) is 0 Å². The fourth-order valence-corrected chi connectivity index (χ4v) is 0. The van der Waals surface area contributed by atoms with Crippen LogP contribution in [-0.4, -0.2) is 52.4 Å². The predicted octanol–water partition coefficient (Wildman–Crippen LogP) is -3.97. The van der Waals surface area contributed by atoms with Gasteiger partial charge in [-0.05, 0) is 0 Å². The zero-order chi connectivity index (χ0) is 4.50. The number of hydrogen-bond acceptors (Lipinski definition) is 1. The first-order valence-corrected chi connectivity index (χ1v) is 2.35. The molecule has 0 aliphatic heterocycles. The van der Waals surface area contributed by atoms with Crippen molar-refractivity contribution >= 4 is 45.6 Å². The maximum absolute atomic E-state index is 8.88. The van der Waals surface area contributed by atoms with Crippen molar-refractivity contribution in [2.24, 2.45) is 0 Å². The van der Waals surface area contributed by atoms with Gasteiger partial charge in [0, 0.05) is 0 Å². The summed E-state index contributed by atoms with van der Waals surface area (Å²) in [5, 5.41) is 0. The van der Waals surface area contributed by atoms with E-state index in [4.69, 9.17) is 19.2 Å². The number of hydrogen-bond donors (Lipinski definition) is 3. The fourth-order valence-electron chi connectivity index (χ4n) is 0. The van der Waals surface area contributed by atoms with Crippen LogP contribution in [0.4, 0.5) is 0 Å². The van der Waals surface area contributed by atoms with Crippen LogP contribution in [0, 0.1) is 0 Å². The smallest absolute Gasteiger partial charge is 1.00 e. The van der Waals surface area contributed by atoms with Crippen LogP contribution in [0.5, 0.6) is 0 Å². The van der Waals surface area contributed by atoms with Crippen molar-refractivity contribution in [2.75, 3.05) is 0 Å². The van der Waals surface area contributed by atoms with Gasteiger partial charge in [-0.3, -0.25) is 0 Å². The molecule has 0 aromatic heterocycles. The van der Waals surface area contributed by atoms with Gasteiger partial charge < -0.3 is 19.0 Å². The van der Waals surface area contributed by atoms with E-state index in [9.17, 15) is 0 Å². The second kappa shape index (κ2) is 6.09. The van der Waals surface area contributed by atoms with Crippen molar-refractivity contribution in [1.29, 1.82) is 0 Å². The number of phosphoric acid groups is 1. The summed E-state index contributed by atoms with van der Waals surface area (Å²) in [5.74, 6) is 0. The minimum absolute atomic E-state index is 0. The molecule has 0 aliphatic rings. The Balaban J connectivity index is -0.00000000800. The molecule has 0 bridgehead atoms. The second-order valence-corrected chi connectivity index (χ2v) is 1.54. The van der Waals surface area contributed by atoms with Crippen LogP contribution in [0.15, 0.2) is 0 Å². The van der Waals surface area contributed by atoms with Crippen molar-refractivity contribution in [2.45, 2.75) is 0 Å². The van der Waals surface area contributed by atoms with Gasteiger partial charge in [-0.2, -0.15) is 0 Å². The van der Waals surface area contributed by atoms with Gasteiger partial charge in [0.15, 0.2) is 0 Å². The molecule has 0 heterocycles. The predicted molar refractivity (Wildman–Crippen MR) is 23.4 cm³/mol. The quantitative estimate of drug-likeness (QED) is 0.242. The summed E-state index contributed by atoms with van der Waals surface area (Å²) in [6, 6.07) is 0. The molecular weight excluding hydrogens is 142 g/mol. The van der Waals surface area contributed by atoms with Crippen LogP contribution in [0.3, 0.4) is 0 Å². The molecule has 0 amide bonds. The van der Waals surface area contributed by atoms with E-state index >= 15 is 0 Å². The zero-order valence-electron chi connectivity index (χ0n) is 6.90. The van der Waals surface area contributed by atoms with E-state index < -0.39 is 7.82 Å². The molecule has 0 fully saturated rings. The average Bonchev–Trinajstić information content (AvgIpc) is 0.722. The first kappa shape index (κ1) is 16.0. The van der Waals surface area contributed by atoms with E-state index in [1.165, 1.54) is 0 Å². The normalized spacial score (nSPS) is 8.43. The van der Waals surface area contributed by atoms with Gasteiger partial charge in [-0.15, -0.1) is 0 Å². The van der Waals surface area contributed by atoms with Crippen LogP contribution >= 0.6 is 7.82 Å². The molecule has 38 valence electrons. The molecule has 0 saturated carbocycles. The summed E-state index contributed by atoms with van der Waals surface area (Å²) in [6.45, 7) is 0. The van der Waals surface area contributed by atoms with E-state index in [1.54, 1.807) is 0 Å².